The largest absolute Gasteiger partial charge is 0.495 e. The van der Waals surface area contributed by atoms with Crippen LogP contribution in [0.1, 0.15) is 0 Å². The Labute approximate surface area is 156 Å². The second-order valence-corrected chi connectivity index (χ2v) is 7.70. The Hall–Kier alpha value is -2.45. The second kappa shape index (κ2) is 7.05. The summed E-state index contributed by atoms with van der Waals surface area (Å²) in [5.41, 5.74) is 0.333. The van der Waals surface area contributed by atoms with E-state index in [1.165, 1.54) is 32.4 Å². The summed E-state index contributed by atoms with van der Waals surface area (Å²) in [6.45, 7) is -0.213. The summed E-state index contributed by atoms with van der Waals surface area (Å²) in [6, 6.07) is 10.7. The third-order valence-corrected chi connectivity index (χ3v) is 5.98. The molecule has 1 unspecified atom stereocenters. The van der Waals surface area contributed by atoms with Gasteiger partial charge in [0.15, 0.2) is 0 Å². The number of halogens is 1. The zero-order chi connectivity index (χ0) is 18.9. The van der Waals surface area contributed by atoms with Gasteiger partial charge >= 0.3 is 5.97 Å². The van der Waals surface area contributed by atoms with Gasteiger partial charge in [-0.1, -0.05) is 23.7 Å². The van der Waals surface area contributed by atoms with Crippen LogP contribution >= 0.6 is 11.6 Å². The van der Waals surface area contributed by atoms with E-state index in [-0.39, 0.29) is 22.2 Å². The van der Waals surface area contributed by atoms with Crippen LogP contribution in [0, 0.1) is 0 Å². The maximum Gasteiger partial charge on any atom is 0.348 e. The fourth-order valence-corrected chi connectivity index (χ4v) is 4.44. The van der Waals surface area contributed by atoms with Crippen molar-refractivity contribution in [1.82, 2.24) is 0 Å². The summed E-state index contributed by atoms with van der Waals surface area (Å²) >= 11 is 6.07. The SMILES string of the molecule is COC(=O)C1CN(S(=O)(=O)c2ccc(OC)c(Cl)c2)c2ccccc2O1. The van der Waals surface area contributed by atoms with Gasteiger partial charge < -0.3 is 14.2 Å². The van der Waals surface area contributed by atoms with Crippen LogP contribution < -0.4 is 13.8 Å². The van der Waals surface area contributed by atoms with Crippen molar-refractivity contribution in [2.24, 2.45) is 0 Å². The molecule has 0 fully saturated rings. The summed E-state index contributed by atoms with van der Waals surface area (Å²) in [7, 11) is -1.34. The van der Waals surface area contributed by atoms with Crippen LogP contribution in [0.25, 0.3) is 0 Å². The monoisotopic (exact) mass is 397 g/mol. The fourth-order valence-electron chi connectivity index (χ4n) is 2.62. The summed E-state index contributed by atoms with van der Waals surface area (Å²) in [6.07, 6.45) is -1.07. The van der Waals surface area contributed by atoms with E-state index in [9.17, 15) is 13.2 Å². The molecule has 2 aromatic carbocycles. The highest BCUT2D eigenvalue weighted by atomic mass is 35.5. The molecule has 26 heavy (non-hydrogen) atoms. The summed E-state index contributed by atoms with van der Waals surface area (Å²) < 4.78 is 42.8. The zero-order valence-corrected chi connectivity index (χ0v) is 15.6. The number of ether oxygens (including phenoxy) is 3. The van der Waals surface area contributed by atoms with Gasteiger partial charge in [-0.15, -0.1) is 0 Å². The first kappa shape index (κ1) is 18.3. The Bertz CT molecular complexity index is 946. The van der Waals surface area contributed by atoms with Crippen LogP contribution in [0.2, 0.25) is 5.02 Å². The topological polar surface area (TPSA) is 82.1 Å². The Morgan fingerprint density at radius 1 is 1.23 bits per heavy atom. The van der Waals surface area contributed by atoms with Gasteiger partial charge in [0.1, 0.15) is 11.5 Å². The summed E-state index contributed by atoms with van der Waals surface area (Å²) in [5, 5.41) is 0.166. The van der Waals surface area contributed by atoms with E-state index in [2.05, 4.69) is 0 Å². The van der Waals surface area contributed by atoms with Crippen molar-refractivity contribution in [3.8, 4) is 11.5 Å². The molecule has 0 saturated heterocycles. The number of esters is 1. The van der Waals surface area contributed by atoms with E-state index in [1.54, 1.807) is 24.3 Å². The maximum atomic E-state index is 13.2. The van der Waals surface area contributed by atoms with Gasteiger partial charge in [0.05, 0.1) is 36.4 Å². The standard InChI is InChI=1S/C17H16ClNO6S/c1-23-14-8-7-11(9-12(14)18)26(21,22)19-10-16(17(20)24-2)25-15-6-4-3-5-13(15)19/h3-9,16H,10H2,1-2H3. The molecule has 0 aliphatic carbocycles. The molecule has 0 bridgehead atoms. The van der Waals surface area contributed by atoms with E-state index in [0.29, 0.717) is 11.4 Å². The molecule has 0 amide bonds. The van der Waals surface area contributed by atoms with E-state index in [0.717, 1.165) is 4.31 Å². The number of carbonyl (C=O) groups excluding carboxylic acids is 1. The number of fused-ring (bicyclic) bond motifs is 1. The molecule has 1 aliphatic rings. The lowest BCUT2D eigenvalue weighted by Crippen LogP contribution is -2.47. The third kappa shape index (κ3) is 3.17. The first-order valence-electron chi connectivity index (χ1n) is 7.58. The quantitative estimate of drug-likeness (QED) is 0.737. The Morgan fingerprint density at radius 3 is 2.62 bits per heavy atom. The van der Waals surface area contributed by atoms with Crippen molar-refractivity contribution in [2.45, 2.75) is 11.0 Å². The van der Waals surface area contributed by atoms with Crippen molar-refractivity contribution >= 4 is 33.3 Å². The number of carbonyl (C=O) groups is 1. The first-order chi connectivity index (χ1) is 12.4. The van der Waals surface area contributed by atoms with Crippen LogP contribution in [0.15, 0.2) is 47.4 Å². The molecule has 3 rings (SSSR count). The molecule has 0 aromatic heterocycles. The highest BCUT2D eigenvalue weighted by Crippen LogP contribution is 2.38. The van der Waals surface area contributed by atoms with Crippen molar-refractivity contribution < 1.29 is 27.4 Å². The predicted molar refractivity (Wildman–Crippen MR) is 95.4 cm³/mol. The molecular formula is C17H16ClNO6S. The lowest BCUT2D eigenvalue weighted by atomic mass is 10.2. The van der Waals surface area contributed by atoms with Crippen molar-refractivity contribution in [3.05, 3.63) is 47.5 Å². The van der Waals surface area contributed by atoms with Gasteiger partial charge in [-0.2, -0.15) is 0 Å². The second-order valence-electron chi connectivity index (χ2n) is 5.43. The average Bonchev–Trinajstić information content (AvgIpc) is 2.66. The van der Waals surface area contributed by atoms with Gasteiger partial charge in [0, 0.05) is 0 Å². The molecule has 0 radical (unpaired) electrons. The number of hydrogen-bond donors (Lipinski definition) is 0. The number of hydrogen-bond acceptors (Lipinski definition) is 6. The number of sulfonamides is 1. The highest BCUT2D eigenvalue weighted by molar-refractivity contribution is 7.92. The fraction of sp³-hybridized carbons (Fsp3) is 0.235. The number of anilines is 1. The van der Waals surface area contributed by atoms with Crippen molar-refractivity contribution in [1.29, 1.82) is 0 Å². The first-order valence-corrected chi connectivity index (χ1v) is 9.40. The van der Waals surface area contributed by atoms with Gasteiger partial charge in [-0.3, -0.25) is 4.31 Å². The molecule has 9 heteroatoms. The van der Waals surface area contributed by atoms with E-state index in [4.69, 9.17) is 25.8 Å². The normalized spacial score (nSPS) is 16.4. The minimum Gasteiger partial charge on any atom is -0.495 e. The highest BCUT2D eigenvalue weighted by Gasteiger charge is 2.38. The minimum atomic E-state index is -3.99. The van der Waals surface area contributed by atoms with Gasteiger partial charge in [-0.25, -0.2) is 13.2 Å². The maximum absolute atomic E-state index is 13.2. The average molecular weight is 398 g/mol. The lowest BCUT2D eigenvalue weighted by molar-refractivity contribution is -0.148. The smallest absolute Gasteiger partial charge is 0.348 e. The van der Waals surface area contributed by atoms with Crippen molar-refractivity contribution in [3.63, 3.8) is 0 Å². The van der Waals surface area contributed by atoms with Crippen LogP contribution in [0.3, 0.4) is 0 Å². The molecule has 138 valence electrons. The Kier molecular flexibility index (Phi) is 4.97. The van der Waals surface area contributed by atoms with Gasteiger partial charge in [0.25, 0.3) is 10.0 Å². The molecule has 1 atom stereocenters. The molecule has 2 aromatic rings. The van der Waals surface area contributed by atoms with Crippen LogP contribution in [-0.2, 0) is 19.6 Å². The third-order valence-electron chi connectivity index (χ3n) is 3.91. The number of para-hydroxylation sites is 2. The van der Waals surface area contributed by atoms with E-state index >= 15 is 0 Å². The van der Waals surface area contributed by atoms with Crippen molar-refractivity contribution in [2.75, 3.05) is 25.1 Å². The summed E-state index contributed by atoms with van der Waals surface area (Å²) in [4.78, 5) is 11.9. The molecule has 1 aliphatic heterocycles. The van der Waals surface area contributed by atoms with Gasteiger partial charge in [-0.05, 0) is 30.3 Å². The number of benzene rings is 2. The summed E-state index contributed by atoms with van der Waals surface area (Å²) in [5.74, 6) is -0.0229. The molecule has 0 N–H and O–H groups in total. The van der Waals surface area contributed by atoms with Crippen LogP contribution in [-0.4, -0.2) is 41.3 Å². The van der Waals surface area contributed by atoms with Crippen LogP contribution in [0.4, 0.5) is 5.69 Å². The lowest BCUT2D eigenvalue weighted by Gasteiger charge is -2.34. The van der Waals surface area contributed by atoms with E-state index < -0.39 is 22.1 Å². The molecule has 0 spiro atoms. The molecule has 7 nitrogen and oxygen atoms in total. The van der Waals surface area contributed by atoms with E-state index in [1.807, 2.05) is 0 Å². The number of nitrogens with zero attached hydrogens (tertiary/aromatic N) is 1. The van der Waals surface area contributed by atoms with Gasteiger partial charge in [0.2, 0.25) is 6.10 Å². The Balaban J connectivity index is 2.08. The molecular weight excluding hydrogens is 382 g/mol. The number of methoxy groups -OCH3 is 2. The minimum absolute atomic E-state index is 0.0244. The molecule has 0 saturated carbocycles. The number of rotatable bonds is 4. The molecule has 1 heterocycles. The van der Waals surface area contributed by atoms with Crippen LogP contribution in [0.5, 0.6) is 11.5 Å². The predicted octanol–water partition coefficient (Wildman–Crippen LogP) is 2.48. The Morgan fingerprint density at radius 2 is 1.96 bits per heavy atom. The zero-order valence-electron chi connectivity index (χ0n) is 14.0.